The zero-order valence-corrected chi connectivity index (χ0v) is 9.48. The molecule has 0 unspecified atom stereocenters. The maximum Gasteiger partial charge on any atom is 0.411 e. The van der Waals surface area contributed by atoms with E-state index >= 15 is 0 Å². The largest absolute Gasteiger partial charge is 0.411 e. The first-order valence-electron chi connectivity index (χ1n) is 5.93. The maximum atomic E-state index is 11.7. The molecule has 96 valence electrons. The molecule has 0 spiro atoms. The van der Waals surface area contributed by atoms with E-state index in [1.54, 1.807) is 0 Å². The molecule has 0 heterocycles. The van der Waals surface area contributed by atoms with E-state index in [1.165, 1.54) is 25.7 Å². The summed E-state index contributed by atoms with van der Waals surface area (Å²) in [6.07, 6.45) is 1.67. The Morgan fingerprint density at radius 2 is 1.81 bits per heavy atom. The van der Waals surface area contributed by atoms with Gasteiger partial charge in [0.1, 0.15) is 6.61 Å². The van der Waals surface area contributed by atoms with Crippen LogP contribution in [0.3, 0.4) is 0 Å². The predicted molar refractivity (Wildman–Crippen MR) is 56.3 cm³/mol. The molecule has 2 nitrogen and oxygen atoms in total. The van der Waals surface area contributed by atoms with Crippen molar-refractivity contribution < 1.29 is 17.9 Å². The van der Waals surface area contributed by atoms with Gasteiger partial charge in [-0.2, -0.15) is 13.2 Å². The van der Waals surface area contributed by atoms with Crippen molar-refractivity contribution in [2.24, 2.45) is 5.92 Å². The van der Waals surface area contributed by atoms with Crippen molar-refractivity contribution in [3.63, 3.8) is 0 Å². The minimum atomic E-state index is -4.20. The van der Waals surface area contributed by atoms with Crippen LogP contribution in [-0.2, 0) is 4.74 Å². The Bertz CT molecular complexity index is 181. The van der Waals surface area contributed by atoms with Gasteiger partial charge in [-0.3, -0.25) is 0 Å². The number of hydrogen-bond acceptors (Lipinski definition) is 2. The molecule has 1 rings (SSSR count). The van der Waals surface area contributed by atoms with Crippen LogP contribution >= 0.6 is 0 Å². The Labute approximate surface area is 94.5 Å². The Morgan fingerprint density at radius 3 is 2.44 bits per heavy atom. The number of ether oxygens (including phenoxy) is 1. The summed E-state index contributed by atoms with van der Waals surface area (Å²) in [7, 11) is 0. The minimum Gasteiger partial charge on any atom is -0.372 e. The second kappa shape index (κ2) is 7.12. The lowest BCUT2D eigenvalue weighted by molar-refractivity contribution is -0.173. The van der Waals surface area contributed by atoms with Gasteiger partial charge in [-0.05, 0) is 38.3 Å². The van der Waals surface area contributed by atoms with E-state index in [9.17, 15) is 13.2 Å². The number of halogens is 3. The second-order valence-electron chi connectivity index (χ2n) is 4.36. The number of rotatable bonds is 9. The van der Waals surface area contributed by atoms with Crippen LogP contribution in [-0.4, -0.2) is 32.5 Å². The van der Waals surface area contributed by atoms with Crippen LogP contribution in [0.5, 0.6) is 0 Å². The Hall–Kier alpha value is -0.290. The van der Waals surface area contributed by atoms with Gasteiger partial charge in [0.05, 0.1) is 0 Å². The van der Waals surface area contributed by atoms with Crippen molar-refractivity contribution in [2.45, 2.75) is 38.3 Å². The number of nitrogens with one attached hydrogen (secondary N) is 1. The van der Waals surface area contributed by atoms with Gasteiger partial charge in [0, 0.05) is 6.61 Å². The van der Waals surface area contributed by atoms with Crippen LogP contribution in [0, 0.1) is 5.92 Å². The molecular formula is C11H20F3NO. The number of alkyl halides is 3. The van der Waals surface area contributed by atoms with E-state index in [-0.39, 0.29) is 6.61 Å². The first-order valence-corrected chi connectivity index (χ1v) is 5.93. The number of hydrogen-bond donors (Lipinski definition) is 1. The van der Waals surface area contributed by atoms with Crippen LogP contribution in [0.25, 0.3) is 0 Å². The van der Waals surface area contributed by atoms with Crippen LogP contribution in [0.2, 0.25) is 0 Å². The SMILES string of the molecule is FC(F)(F)COCCCNCCCC1CC1. The van der Waals surface area contributed by atoms with Crippen molar-refractivity contribution in [3.8, 4) is 0 Å². The van der Waals surface area contributed by atoms with E-state index in [2.05, 4.69) is 10.1 Å². The Morgan fingerprint density at radius 1 is 1.12 bits per heavy atom. The summed E-state index contributed by atoms with van der Waals surface area (Å²) in [6.45, 7) is 0.752. The van der Waals surface area contributed by atoms with E-state index in [0.29, 0.717) is 6.42 Å². The molecule has 1 aliphatic carbocycles. The fourth-order valence-corrected chi connectivity index (χ4v) is 1.53. The van der Waals surface area contributed by atoms with Crippen LogP contribution in [0.15, 0.2) is 0 Å². The van der Waals surface area contributed by atoms with Crippen molar-refractivity contribution in [2.75, 3.05) is 26.3 Å². The first-order chi connectivity index (χ1) is 7.58. The summed E-state index contributed by atoms with van der Waals surface area (Å²) in [6, 6.07) is 0. The molecule has 1 N–H and O–H groups in total. The van der Waals surface area contributed by atoms with Crippen molar-refractivity contribution in [1.29, 1.82) is 0 Å². The zero-order chi connectivity index (χ0) is 11.9. The van der Waals surface area contributed by atoms with Crippen LogP contribution < -0.4 is 5.32 Å². The monoisotopic (exact) mass is 239 g/mol. The Kier molecular flexibility index (Phi) is 6.13. The van der Waals surface area contributed by atoms with Crippen molar-refractivity contribution in [1.82, 2.24) is 5.32 Å². The molecule has 1 aliphatic rings. The highest BCUT2D eigenvalue weighted by atomic mass is 19.4. The summed E-state index contributed by atoms with van der Waals surface area (Å²) >= 11 is 0. The maximum absolute atomic E-state index is 11.7. The normalized spacial score (nSPS) is 16.7. The summed E-state index contributed by atoms with van der Waals surface area (Å²) in [5, 5.41) is 3.20. The summed E-state index contributed by atoms with van der Waals surface area (Å²) in [5.74, 6) is 0.955. The highest BCUT2D eigenvalue weighted by Crippen LogP contribution is 2.33. The molecule has 0 aromatic rings. The molecule has 0 atom stereocenters. The van der Waals surface area contributed by atoms with E-state index < -0.39 is 12.8 Å². The standard InChI is InChI=1S/C11H20F3NO/c12-11(13,14)9-16-8-2-7-15-6-1-3-10-4-5-10/h10,15H,1-9H2. The molecular weight excluding hydrogens is 219 g/mol. The molecule has 5 heteroatoms. The third-order valence-electron chi connectivity index (χ3n) is 2.57. The van der Waals surface area contributed by atoms with Crippen molar-refractivity contribution >= 4 is 0 Å². The van der Waals surface area contributed by atoms with E-state index in [4.69, 9.17) is 0 Å². The van der Waals surface area contributed by atoms with Crippen molar-refractivity contribution in [3.05, 3.63) is 0 Å². The average molecular weight is 239 g/mol. The van der Waals surface area contributed by atoms with Gasteiger partial charge in [-0.1, -0.05) is 12.8 Å². The third-order valence-corrected chi connectivity index (χ3v) is 2.57. The molecule has 0 aromatic carbocycles. The highest BCUT2D eigenvalue weighted by molar-refractivity contribution is 4.72. The van der Waals surface area contributed by atoms with Crippen LogP contribution in [0.4, 0.5) is 13.2 Å². The molecule has 0 radical (unpaired) electrons. The molecule has 0 aromatic heterocycles. The highest BCUT2D eigenvalue weighted by Gasteiger charge is 2.27. The third kappa shape index (κ3) is 8.97. The van der Waals surface area contributed by atoms with E-state index in [1.807, 2.05) is 0 Å². The van der Waals surface area contributed by atoms with Gasteiger partial charge in [-0.15, -0.1) is 0 Å². The summed E-state index contributed by atoms with van der Waals surface area (Å²) < 4.78 is 39.5. The first kappa shape index (κ1) is 13.8. The molecule has 0 amide bonds. The smallest absolute Gasteiger partial charge is 0.372 e. The molecule has 0 saturated heterocycles. The molecule has 0 bridgehead atoms. The fourth-order valence-electron chi connectivity index (χ4n) is 1.53. The average Bonchev–Trinajstić information content (AvgIpc) is 2.97. The zero-order valence-electron chi connectivity index (χ0n) is 9.48. The summed E-state index contributed by atoms with van der Waals surface area (Å²) in [4.78, 5) is 0. The van der Waals surface area contributed by atoms with Gasteiger partial charge in [0.15, 0.2) is 0 Å². The second-order valence-corrected chi connectivity index (χ2v) is 4.36. The minimum absolute atomic E-state index is 0.176. The van der Waals surface area contributed by atoms with Gasteiger partial charge in [-0.25, -0.2) is 0 Å². The molecule has 0 aliphatic heterocycles. The van der Waals surface area contributed by atoms with Gasteiger partial charge in [0.25, 0.3) is 0 Å². The lowest BCUT2D eigenvalue weighted by Crippen LogP contribution is -2.21. The Balaban J connectivity index is 1.70. The van der Waals surface area contributed by atoms with E-state index in [0.717, 1.165) is 19.0 Å². The van der Waals surface area contributed by atoms with Gasteiger partial charge >= 0.3 is 6.18 Å². The van der Waals surface area contributed by atoms with Crippen LogP contribution in [0.1, 0.15) is 32.1 Å². The summed E-state index contributed by atoms with van der Waals surface area (Å²) in [5.41, 5.74) is 0. The molecule has 1 saturated carbocycles. The molecule has 16 heavy (non-hydrogen) atoms. The predicted octanol–water partition coefficient (Wildman–Crippen LogP) is 2.74. The lowest BCUT2D eigenvalue weighted by atomic mass is 10.2. The van der Waals surface area contributed by atoms with Gasteiger partial charge in [0.2, 0.25) is 0 Å². The topological polar surface area (TPSA) is 21.3 Å². The quantitative estimate of drug-likeness (QED) is 0.625. The fraction of sp³-hybridized carbons (Fsp3) is 1.00. The lowest BCUT2D eigenvalue weighted by Gasteiger charge is -2.08. The van der Waals surface area contributed by atoms with Gasteiger partial charge < -0.3 is 10.1 Å². The molecule has 1 fully saturated rings.